The first-order valence-electron chi connectivity index (χ1n) is 3.63. The van der Waals surface area contributed by atoms with Crippen LogP contribution >= 0.6 is 11.3 Å². The smallest absolute Gasteiger partial charge is 0.341 e. The van der Waals surface area contributed by atoms with Crippen LogP contribution in [0, 0.1) is 0 Å². The van der Waals surface area contributed by atoms with Crippen LogP contribution in [-0.4, -0.2) is 20.2 Å². The Balaban J connectivity index is 2.94. The summed E-state index contributed by atoms with van der Waals surface area (Å²) < 4.78 is 9.40. The second-order valence-corrected chi connectivity index (χ2v) is 3.05. The largest absolute Gasteiger partial charge is 0.503 e. The molecule has 0 N–H and O–H groups in total. The first kappa shape index (κ1) is 9.80. The van der Waals surface area contributed by atoms with E-state index in [4.69, 9.17) is 4.74 Å². The summed E-state index contributed by atoms with van der Waals surface area (Å²) in [5, 5.41) is 3.75. The summed E-state index contributed by atoms with van der Waals surface area (Å²) in [6.07, 6.45) is 1.38. The molecule has 1 rings (SSSR count). The highest BCUT2D eigenvalue weighted by Gasteiger charge is 2.12. The molecule has 0 aliphatic rings. The molecule has 0 saturated heterocycles. The Morgan fingerprint density at radius 3 is 2.77 bits per heavy atom. The van der Waals surface area contributed by atoms with Crippen molar-refractivity contribution in [2.24, 2.45) is 0 Å². The SMILES string of the molecule is CO/C=C(/C(=O)OC)c1ccsc1. The minimum absolute atomic E-state index is 0.389. The van der Waals surface area contributed by atoms with Gasteiger partial charge in [0.1, 0.15) is 5.57 Å². The van der Waals surface area contributed by atoms with Crippen LogP contribution in [0.5, 0.6) is 0 Å². The van der Waals surface area contributed by atoms with Crippen LogP contribution in [0.15, 0.2) is 23.1 Å². The molecular formula is C9H10O3S. The average Bonchev–Trinajstić information content (AvgIpc) is 2.65. The zero-order valence-corrected chi connectivity index (χ0v) is 8.26. The summed E-state index contributed by atoms with van der Waals surface area (Å²) in [6, 6.07) is 1.84. The summed E-state index contributed by atoms with van der Waals surface area (Å²) in [6.45, 7) is 0. The normalized spacial score (nSPS) is 11.1. The maximum absolute atomic E-state index is 11.2. The third-order valence-corrected chi connectivity index (χ3v) is 2.16. The molecule has 13 heavy (non-hydrogen) atoms. The Morgan fingerprint density at radius 2 is 2.31 bits per heavy atom. The second kappa shape index (κ2) is 4.67. The molecule has 0 amide bonds. The van der Waals surface area contributed by atoms with Gasteiger partial charge >= 0.3 is 5.97 Å². The van der Waals surface area contributed by atoms with Gasteiger partial charge in [-0.05, 0) is 16.8 Å². The molecule has 4 heteroatoms. The number of carbonyl (C=O) groups excluding carboxylic acids is 1. The number of ether oxygens (including phenoxy) is 2. The minimum Gasteiger partial charge on any atom is -0.503 e. The van der Waals surface area contributed by atoms with E-state index in [1.165, 1.54) is 31.8 Å². The number of hydrogen-bond acceptors (Lipinski definition) is 4. The summed E-state index contributed by atoms with van der Waals surface area (Å²) in [5.41, 5.74) is 1.25. The fraction of sp³-hybridized carbons (Fsp3) is 0.222. The number of hydrogen-bond donors (Lipinski definition) is 0. The highest BCUT2D eigenvalue weighted by Crippen LogP contribution is 2.18. The van der Waals surface area contributed by atoms with E-state index < -0.39 is 0 Å². The fourth-order valence-electron chi connectivity index (χ4n) is 0.880. The Kier molecular flexibility index (Phi) is 3.52. The first-order chi connectivity index (χ1) is 6.29. The van der Waals surface area contributed by atoms with Crippen molar-refractivity contribution >= 4 is 22.9 Å². The van der Waals surface area contributed by atoms with Crippen molar-refractivity contribution in [1.29, 1.82) is 0 Å². The van der Waals surface area contributed by atoms with Gasteiger partial charge in [-0.15, -0.1) is 0 Å². The van der Waals surface area contributed by atoms with Gasteiger partial charge in [0.15, 0.2) is 0 Å². The van der Waals surface area contributed by atoms with E-state index in [9.17, 15) is 4.79 Å². The molecule has 70 valence electrons. The van der Waals surface area contributed by atoms with Crippen molar-refractivity contribution in [2.45, 2.75) is 0 Å². The Morgan fingerprint density at radius 1 is 1.54 bits per heavy atom. The molecule has 0 fully saturated rings. The number of methoxy groups -OCH3 is 2. The number of thiophene rings is 1. The summed E-state index contributed by atoms with van der Waals surface area (Å²) in [7, 11) is 2.84. The summed E-state index contributed by atoms with van der Waals surface area (Å²) in [5.74, 6) is -0.389. The maximum Gasteiger partial charge on any atom is 0.341 e. The molecule has 3 nitrogen and oxygen atoms in total. The van der Waals surface area contributed by atoms with Crippen molar-refractivity contribution in [3.63, 3.8) is 0 Å². The van der Waals surface area contributed by atoms with Gasteiger partial charge in [0, 0.05) is 5.56 Å². The molecule has 0 radical (unpaired) electrons. The standard InChI is InChI=1S/C9H10O3S/c1-11-5-8(9(10)12-2)7-3-4-13-6-7/h3-6H,1-2H3/b8-5+. The molecule has 0 aromatic carbocycles. The Hall–Kier alpha value is -1.29. The van der Waals surface area contributed by atoms with Crippen LogP contribution in [0.2, 0.25) is 0 Å². The van der Waals surface area contributed by atoms with Crippen molar-refractivity contribution < 1.29 is 14.3 Å². The first-order valence-corrected chi connectivity index (χ1v) is 4.57. The van der Waals surface area contributed by atoms with Gasteiger partial charge in [-0.25, -0.2) is 4.79 Å². The maximum atomic E-state index is 11.2. The molecule has 0 atom stereocenters. The van der Waals surface area contributed by atoms with Crippen molar-refractivity contribution in [2.75, 3.05) is 14.2 Å². The highest BCUT2D eigenvalue weighted by molar-refractivity contribution is 7.08. The topological polar surface area (TPSA) is 35.5 Å². The van der Waals surface area contributed by atoms with E-state index in [1.807, 2.05) is 16.8 Å². The molecule has 0 spiro atoms. The quantitative estimate of drug-likeness (QED) is 0.423. The molecule has 0 aliphatic heterocycles. The molecule has 0 saturated carbocycles. The zero-order valence-electron chi connectivity index (χ0n) is 7.44. The number of rotatable bonds is 3. The van der Waals surface area contributed by atoms with E-state index in [0.29, 0.717) is 5.57 Å². The van der Waals surface area contributed by atoms with Gasteiger partial charge < -0.3 is 9.47 Å². The van der Waals surface area contributed by atoms with Crippen LogP contribution in [0.25, 0.3) is 5.57 Å². The lowest BCUT2D eigenvalue weighted by Crippen LogP contribution is -2.03. The van der Waals surface area contributed by atoms with Crippen molar-refractivity contribution in [3.05, 3.63) is 28.7 Å². The van der Waals surface area contributed by atoms with Crippen LogP contribution in [0.1, 0.15) is 5.56 Å². The van der Waals surface area contributed by atoms with Gasteiger partial charge in [-0.1, -0.05) is 0 Å². The second-order valence-electron chi connectivity index (χ2n) is 2.27. The number of carbonyl (C=O) groups is 1. The third-order valence-electron chi connectivity index (χ3n) is 1.47. The lowest BCUT2D eigenvalue weighted by Gasteiger charge is -2.01. The fourth-order valence-corrected chi connectivity index (χ4v) is 1.54. The van der Waals surface area contributed by atoms with Gasteiger partial charge in [0.25, 0.3) is 0 Å². The third kappa shape index (κ3) is 2.32. The number of esters is 1. The van der Waals surface area contributed by atoms with Gasteiger partial charge in [0.05, 0.1) is 20.5 Å². The van der Waals surface area contributed by atoms with Crippen molar-refractivity contribution in [1.82, 2.24) is 0 Å². The van der Waals surface area contributed by atoms with Crippen LogP contribution < -0.4 is 0 Å². The molecule has 0 aliphatic carbocycles. The predicted molar refractivity (Wildman–Crippen MR) is 51.3 cm³/mol. The molecule has 1 heterocycles. The lowest BCUT2D eigenvalue weighted by atomic mass is 10.1. The Bertz CT molecular complexity index is 301. The summed E-state index contributed by atoms with van der Waals surface area (Å²) >= 11 is 1.52. The van der Waals surface area contributed by atoms with Crippen LogP contribution in [0.4, 0.5) is 0 Å². The van der Waals surface area contributed by atoms with E-state index in [2.05, 4.69) is 4.74 Å². The Labute approximate surface area is 80.6 Å². The van der Waals surface area contributed by atoms with Crippen LogP contribution in [0.3, 0.4) is 0 Å². The molecular weight excluding hydrogens is 188 g/mol. The highest BCUT2D eigenvalue weighted by atomic mass is 32.1. The summed E-state index contributed by atoms with van der Waals surface area (Å²) in [4.78, 5) is 11.2. The molecule has 0 unspecified atom stereocenters. The lowest BCUT2D eigenvalue weighted by molar-refractivity contribution is -0.133. The van der Waals surface area contributed by atoms with E-state index in [1.54, 1.807) is 0 Å². The van der Waals surface area contributed by atoms with Crippen LogP contribution in [-0.2, 0) is 14.3 Å². The molecule has 0 bridgehead atoms. The molecule has 1 aromatic rings. The van der Waals surface area contributed by atoms with Gasteiger partial charge in [-0.2, -0.15) is 11.3 Å². The zero-order chi connectivity index (χ0) is 9.68. The van der Waals surface area contributed by atoms with Gasteiger partial charge in [-0.3, -0.25) is 0 Å². The van der Waals surface area contributed by atoms with Crippen molar-refractivity contribution in [3.8, 4) is 0 Å². The van der Waals surface area contributed by atoms with E-state index >= 15 is 0 Å². The minimum atomic E-state index is -0.389. The predicted octanol–water partition coefficient (Wildman–Crippen LogP) is 1.91. The average molecular weight is 198 g/mol. The monoisotopic (exact) mass is 198 g/mol. The van der Waals surface area contributed by atoms with Gasteiger partial charge in [0.2, 0.25) is 0 Å². The van der Waals surface area contributed by atoms with E-state index in [0.717, 1.165) is 5.56 Å². The molecule has 1 aromatic heterocycles. The van der Waals surface area contributed by atoms with E-state index in [-0.39, 0.29) is 5.97 Å².